The summed E-state index contributed by atoms with van der Waals surface area (Å²) in [6, 6.07) is 2.72. The first-order valence-electron chi connectivity index (χ1n) is 18.8. The number of pyridine rings is 1. The summed E-state index contributed by atoms with van der Waals surface area (Å²) in [5.74, 6) is -3.30. The maximum atomic E-state index is 15.9. The van der Waals surface area contributed by atoms with Crippen LogP contribution in [0.4, 0.5) is 19.0 Å². The Bertz CT molecular complexity index is 1660. The summed E-state index contributed by atoms with van der Waals surface area (Å²) in [5.41, 5.74) is 7.74. The highest BCUT2D eigenvalue weighted by Gasteiger charge is 2.45. The van der Waals surface area contributed by atoms with Crippen LogP contribution < -0.4 is 11.1 Å². The van der Waals surface area contributed by atoms with Crippen LogP contribution >= 0.6 is 0 Å². The number of rotatable bonds is 16. The SMILES string of the molecule is Cc1nn(COCC[Si](C)(C)C)c(C)c1-c1ccc(NC(=O)C(c2nnn(C(CF)CF)c2C(N)=O)C(C2CCCCC2)C2CCCCC2)nc1F. The maximum Gasteiger partial charge on any atom is 0.268 e. The van der Waals surface area contributed by atoms with E-state index in [0.717, 1.165) is 80.6 Å². The van der Waals surface area contributed by atoms with Crippen molar-refractivity contribution in [1.82, 2.24) is 29.8 Å². The molecule has 15 heteroatoms. The number of nitrogens with two attached hydrogens (primary N) is 1. The van der Waals surface area contributed by atoms with Gasteiger partial charge in [0.2, 0.25) is 11.9 Å². The van der Waals surface area contributed by atoms with Gasteiger partial charge in [0.1, 0.15) is 37.6 Å². The molecule has 52 heavy (non-hydrogen) atoms. The highest BCUT2D eigenvalue weighted by atomic mass is 28.3. The average molecular weight is 745 g/mol. The molecule has 3 aromatic heterocycles. The number of aryl methyl sites for hydroxylation is 1. The summed E-state index contributed by atoms with van der Waals surface area (Å²) >= 11 is 0. The van der Waals surface area contributed by atoms with Crippen molar-refractivity contribution in [3.8, 4) is 11.1 Å². The van der Waals surface area contributed by atoms with Crippen LogP contribution in [0.25, 0.3) is 11.1 Å². The number of ether oxygens (including phenoxy) is 1. The number of carbonyl (C=O) groups is 2. The lowest BCUT2D eigenvalue weighted by Crippen LogP contribution is -2.39. The summed E-state index contributed by atoms with van der Waals surface area (Å²) in [6.45, 7) is 9.12. The minimum absolute atomic E-state index is 0.000801. The van der Waals surface area contributed by atoms with Crippen LogP contribution in [0.5, 0.6) is 0 Å². The topological polar surface area (TPSA) is 143 Å². The number of primary amides is 1. The van der Waals surface area contributed by atoms with E-state index in [-0.39, 0.29) is 47.3 Å². The van der Waals surface area contributed by atoms with Crippen molar-refractivity contribution >= 4 is 25.7 Å². The zero-order valence-electron chi connectivity index (χ0n) is 31.3. The van der Waals surface area contributed by atoms with E-state index in [4.69, 9.17) is 10.5 Å². The van der Waals surface area contributed by atoms with Gasteiger partial charge in [0, 0.05) is 31.5 Å². The molecule has 0 saturated heterocycles. The zero-order chi connectivity index (χ0) is 37.6. The van der Waals surface area contributed by atoms with Crippen LogP contribution in [0.2, 0.25) is 25.7 Å². The number of amides is 2. The van der Waals surface area contributed by atoms with E-state index >= 15 is 4.39 Å². The normalized spacial score (nSPS) is 16.9. The van der Waals surface area contributed by atoms with E-state index in [0.29, 0.717) is 17.9 Å². The third-order valence-corrected chi connectivity index (χ3v) is 12.7. The van der Waals surface area contributed by atoms with Crippen molar-refractivity contribution in [3.05, 3.63) is 40.9 Å². The monoisotopic (exact) mass is 744 g/mol. The number of nitrogens with zero attached hydrogens (tertiary/aromatic N) is 6. The Morgan fingerprint density at radius 3 is 2.15 bits per heavy atom. The lowest BCUT2D eigenvalue weighted by atomic mass is 9.63. The Labute approximate surface area is 305 Å². The van der Waals surface area contributed by atoms with Gasteiger partial charge in [0.15, 0.2) is 5.69 Å². The quantitative estimate of drug-likeness (QED) is 0.0870. The smallest absolute Gasteiger partial charge is 0.268 e. The first-order valence-corrected chi connectivity index (χ1v) is 22.5. The highest BCUT2D eigenvalue weighted by molar-refractivity contribution is 6.76. The third-order valence-electron chi connectivity index (χ3n) is 11.0. The molecule has 3 heterocycles. The minimum Gasteiger partial charge on any atom is -0.364 e. The van der Waals surface area contributed by atoms with E-state index in [2.05, 4.69) is 45.4 Å². The Morgan fingerprint density at radius 2 is 1.62 bits per heavy atom. The van der Waals surface area contributed by atoms with Crippen LogP contribution in [0.15, 0.2) is 12.1 Å². The fourth-order valence-electron chi connectivity index (χ4n) is 8.27. The Balaban J connectivity index is 1.49. The van der Waals surface area contributed by atoms with Crippen molar-refractivity contribution in [3.63, 3.8) is 0 Å². The number of aromatic nitrogens is 6. The van der Waals surface area contributed by atoms with Gasteiger partial charge < -0.3 is 15.8 Å². The molecule has 0 bridgehead atoms. The molecule has 3 aromatic rings. The zero-order valence-corrected chi connectivity index (χ0v) is 32.3. The largest absolute Gasteiger partial charge is 0.364 e. The van der Waals surface area contributed by atoms with Gasteiger partial charge in [-0.25, -0.2) is 23.1 Å². The molecule has 0 spiro atoms. The molecule has 0 radical (unpaired) electrons. The fraction of sp³-hybridized carbons (Fsp3) is 0.676. The predicted octanol–water partition coefficient (Wildman–Crippen LogP) is 7.68. The average Bonchev–Trinajstić information content (AvgIpc) is 3.66. The van der Waals surface area contributed by atoms with E-state index in [9.17, 15) is 18.4 Å². The van der Waals surface area contributed by atoms with Crippen molar-refractivity contribution in [2.45, 2.75) is 122 Å². The lowest BCUT2D eigenvalue weighted by Gasteiger charge is -2.41. The lowest BCUT2D eigenvalue weighted by molar-refractivity contribution is -0.120. The Morgan fingerprint density at radius 1 is 1.00 bits per heavy atom. The molecular weight excluding hydrogens is 690 g/mol. The van der Waals surface area contributed by atoms with Crippen molar-refractivity contribution in [1.29, 1.82) is 0 Å². The third kappa shape index (κ3) is 9.12. The molecule has 0 aliphatic heterocycles. The highest BCUT2D eigenvalue weighted by Crippen LogP contribution is 2.47. The molecule has 2 amide bonds. The van der Waals surface area contributed by atoms with Crippen LogP contribution in [-0.4, -0.2) is 69.6 Å². The minimum atomic E-state index is -1.41. The standard InChI is InChI=1S/C37H55F3N8O3Si/c1-23-30(24(2)47(45-23)22-51-18-19-52(3,4)5)28-16-17-29(42-35(28)40)43-37(50)32(33-34(36(41)49)48(46-44-33)27(20-38)21-39)31(25-12-8-6-9-13-25)26-14-10-7-11-15-26/h16-17,25-27,31-32H,6-15,18-22H2,1-5H3,(H2,41,49)(H,42,43,50). The predicted molar refractivity (Wildman–Crippen MR) is 197 cm³/mol. The van der Waals surface area contributed by atoms with E-state index in [1.807, 2.05) is 6.92 Å². The van der Waals surface area contributed by atoms with Crippen molar-refractivity contribution in [2.24, 2.45) is 23.5 Å². The first kappa shape index (κ1) is 39.6. The number of alkyl halides is 2. The van der Waals surface area contributed by atoms with Gasteiger partial charge in [-0.05, 0) is 49.8 Å². The molecule has 2 fully saturated rings. The van der Waals surface area contributed by atoms with E-state index in [1.165, 1.54) is 0 Å². The molecule has 286 valence electrons. The van der Waals surface area contributed by atoms with Gasteiger partial charge in [-0.15, -0.1) is 5.10 Å². The number of hydrogen-bond acceptors (Lipinski definition) is 7. The summed E-state index contributed by atoms with van der Waals surface area (Å²) in [4.78, 5) is 31.7. The molecule has 1 atom stereocenters. The molecule has 3 N–H and O–H groups in total. The molecule has 2 saturated carbocycles. The summed E-state index contributed by atoms with van der Waals surface area (Å²) in [7, 11) is -1.26. The number of nitrogens with one attached hydrogen (secondary N) is 1. The molecule has 2 aliphatic carbocycles. The second kappa shape index (κ2) is 17.5. The van der Waals surface area contributed by atoms with Crippen LogP contribution in [0.1, 0.15) is 104 Å². The molecule has 11 nitrogen and oxygen atoms in total. The van der Waals surface area contributed by atoms with E-state index in [1.54, 1.807) is 23.7 Å². The molecular formula is C37H55F3N8O3Si. The molecule has 0 aromatic carbocycles. The Hall–Kier alpha value is -3.59. The maximum absolute atomic E-state index is 15.9. The fourth-order valence-corrected chi connectivity index (χ4v) is 9.02. The van der Waals surface area contributed by atoms with Crippen molar-refractivity contribution < 1.29 is 27.5 Å². The second-order valence-corrected chi connectivity index (χ2v) is 21.5. The molecule has 5 rings (SSSR count). The van der Waals surface area contributed by atoms with E-state index < -0.39 is 51.1 Å². The van der Waals surface area contributed by atoms with Crippen LogP contribution in [0, 0.1) is 37.5 Å². The first-order chi connectivity index (χ1) is 24.8. The number of hydrogen-bond donors (Lipinski definition) is 2. The van der Waals surface area contributed by atoms with Gasteiger partial charge in [0.25, 0.3) is 5.91 Å². The Kier molecular flexibility index (Phi) is 13.3. The van der Waals surface area contributed by atoms with Gasteiger partial charge in [-0.2, -0.15) is 9.49 Å². The molecule has 2 aliphatic rings. The summed E-state index contributed by atoms with van der Waals surface area (Å²) in [6.07, 6.45) is 9.85. The van der Waals surface area contributed by atoms with Crippen LogP contribution in [-0.2, 0) is 16.3 Å². The van der Waals surface area contributed by atoms with Gasteiger partial charge in [-0.1, -0.05) is 89.1 Å². The summed E-state index contributed by atoms with van der Waals surface area (Å²) < 4.78 is 52.2. The number of halogens is 3. The van der Waals surface area contributed by atoms with Gasteiger partial charge >= 0.3 is 0 Å². The summed E-state index contributed by atoms with van der Waals surface area (Å²) in [5, 5.41) is 15.7. The van der Waals surface area contributed by atoms with Gasteiger partial charge in [-0.3, -0.25) is 9.59 Å². The van der Waals surface area contributed by atoms with Crippen LogP contribution in [0.3, 0.4) is 0 Å². The van der Waals surface area contributed by atoms with Crippen molar-refractivity contribution in [2.75, 3.05) is 25.3 Å². The second-order valence-electron chi connectivity index (χ2n) is 15.9. The van der Waals surface area contributed by atoms with Gasteiger partial charge in [0.05, 0.1) is 11.6 Å². The number of anilines is 1. The molecule has 1 unspecified atom stereocenters. The number of carbonyl (C=O) groups excluding carboxylic acids is 2.